The van der Waals surface area contributed by atoms with Crippen LogP contribution >= 0.6 is 0 Å². The van der Waals surface area contributed by atoms with Gasteiger partial charge in [0, 0.05) is 12.8 Å². The summed E-state index contributed by atoms with van der Waals surface area (Å²) in [4.78, 5) is 10.9. The highest BCUT2D eigenvalue weighted by Gasteiger charge is 2.41. The lowest BCUT2D eigenvalue weighted by molar-refractivity contribution is -0.119. The van der Waals surface area contributed by atoms with Gasteiger partial charge in [-0.25, -0.2) is 0 Å². The maximum absolute atomic E-state index is 10.9. The number of carbonyl (C=O) groups excluding carboxylic acids is 1. The molecule has 0 N–H and O–H groups in total. The molecule has 2 aliphatic carbocycles. The number of carbonyl (C=O) groups is 1. The number of Topliss-reactive ketones (excluding diaryl/α,β-unsaturated/α-hetero) is 1. The van der Waals surface area contributed by atoms with Gasteiger partial charge < -0.3 is 0 Å². The summed E-state index contributed by atoms with van der Waals surface area (Å²) in [7, 11) is 0. The van der Waals surface area contributed by atoms with Crippen LogP contribution in [0.25, 0.3) is 0 Å². The van der Waals surface area contributed by atoms with Crippen molar-refractivity contribution in [3.05, 3.63) is 6.92 Å². The lowest BCUT2D eigenvalue weighted by Crippen LogP contribution is -2.17. The molecule has 0 aliphatic heterocycles. The summed E-state index contributed by atoms with van der Waals surface area (Å²) in [5, 5.41) is 0. The molecule has 0 heterocycles. The van der Waals surface area contributed by atoms with Crippen molar-refractivity contribution in [3.63, 3.8) is 0 Å². The molecule has 3 unspecified atom stereocenters. The van der Waals surface area contributed by atoms with Crippen LogP contribution in [0.5, 0.6) is 0 Å². The molecule has 3 atom stereocenters. The number of rotatable bonds is 1. The van der Waals surface area contributed by atoms with Crippen molar-refractivity contribution in [2.45, 2.75) is 25.7 Å². The van der Waals surface area contributed by atoms with Gasteiger partial charge in [0.05, 0.1) is 0 Å². The van der Waals surface area contributed by atoms with Gasteiger partial charge in [-0.3, -0.25) is 4.79 Å². The van der Waals surface area contributed by atoms with E-state index in [2.05, 4.69) is 6.92 Å². The highest BCUT2D eigenvalue weighted by Crippen LogP contribution is 2.48. The third-order valence-corrected chi connectivity index (χ3v) is 3.15. The van der Waals surface area contributed by atoms with Gasteiger partial charge in [0.15, 0.2) is 0 Å². The van der Waals surface area contributed by atoms with Crippen LogP contribution in [0.4, 0.5) is 0 Å². The van der Waals surface area contributed by atoms with E-state index in [0.717, 1.165) is 18.3 Å². The summed E-state index contributed by atoms with van der Waals surface area (Å²) < 4.78 is 0. The van der Waals surface area contributed by atoms with Gasteiger partial charge in [-0.15, -0.1) is 0 Å². The second-order valence-corrected chi connectivity index (χ2v) is 3.75. The third-order valence-electron chi connectivity index (χ3n) is 3.15. The van der Waals surface area contributed by atoms with Crippen molar-refractivity contribution in [3.8, 4) is 0 Å². The number of fused-ring (bicyclic) bond motifs is 2. The predicted octanol–water partition coefficient (Wildman–Crippen LogP) is 1.83. The maximum atomic E-state index is 10.9. The molecule has 0 amide bonds. The van der Waals surface area contributed by atoms with E-state index in [9.17, 15) is 4.79 Å². The van der Waals surface area contributed by atoms with Gasteiger partial charge >= 0.3 is 0 Å². The molecule has 55 valence electrons. The summed E-state index contributed by atoms with van der Waals surface area (Å²) in [6, 6.07) is 0. The summed E-state index contributed by atoms with van der Waals surface area (Å²) in [6.07, 6.45) is 5.12. The number of hydrogen-bond donors (Lipinski definition) is 0. The minimum atomic E-state index is 0.187. The standard InChI is InChI=1S/C9H13O/c1-6(10)9-5-7-2-3-8(9)4-7/h7-9H,1-5H2. The third kappa shape index (κ3) is 0.799. The van der Waals surface area contributed by atoms with Crippen molar-refractivity contribution in [2.24, 2.45) is 17.8 Å². The Balaban J connectivity index is 2.08. The van der Waals surface area contributed by atoms with Crippen LogP contribution in [0.3, 0.4) is 0 Å². The molecular formula is C9H13O. The fourth-order valence-electron chi connectivity index (χ4n) is 2.64. The van der Waals surface area contributed by atoms with Gasteiger partial charge in [0.1, 0.15) is 5.78 Å². The van der Waals surface area contributed by atoms with E-state index in [1.807, 2.05) is 0 Å². The lowest BCUT2D eigenvalue weighted by atomic mass is 9.86. The van der Waals surface area contributed by atoms with Crippen molar-refractivity contribution in [2.75, 3.05) is 0 Å². The number of ketones is 1. The average Bonchev–Trinajstić information content (AvgIpc) is 2.44. The quantitative estimate of drug-likeness (QED) is 0.539. The Labute approximate surface area is 61.8 Å². The molecule has 0 aromatic carbocycles. The Kier molecular flexibility index (Phi) is 1.33. The molecule has 1 nitrogen and oxygen atoms in total. The first-order chi connectivity index (χ1) is 4.77. The zero-order chi connectivity index (χ0) is 7.14. The van der Waals surface area contributed by atoms with Gasteiger partial charge in [0.25, 0.3) is 0 Å². The van der Waals surface area contributed by atoms with Crippen molar-refractivity contribution < 1.29 is 4.79 Å². The Morgan fingerprint density at radius 1 is 1.30 bits per heavy atom. The second-order valence-electron chi connectivity index (χ2n) is 3.75. The average molecular weight is 137 g/mol. The van der Waals surface area contributed by atoms with Crippen LogP contribution in [0, 0.1) is 24.7 Å². The minimum absolute atomic E-state index is 0.187. The monoisotopic (exact) mass is 137 g/mol. The Morgan fingerprint density at radius 2 is 2.10 bits per heavy atom. The second kappa shape index (κ2) is 2.08. The van der Waals surface area contributed by atoms with E-state index >= 15 is 0 Å². The molecule has 1 heteroatoms. The lowest BCUT2D eigenvalue weighted by Gasteiger charge is -2.17. The summed E-state index contributed by atoms with van der Waals surface area (Å²) in [5.41, 5.74) is 0. The molecule has 2 saturated carbocycles. The highest BCUT2D eigenvalue weighted by atomic mass is 16.1. The Hall–Kier alpha value is -0.330. The summed E-state index contributed by atoms with van der Waals surface area (Å²) in [5.74, 6) is 2.13. The van der Waals surface area contributed by atoms with Crippen LogP contribution in [0.2, 0.25) is 0 Å². The van der Waals surface area contributed by atoms with Gasteiger partial charge in [-0.2, -0.15) is 0 Å². The van der Waals surface area contributed by atoms with E-state index in [4.69, 9.17) is 0 Å². The van der Waals surface area contributed by atoms with Crippen LogP contribution < -0.4 is 0 Å². The largest absolute Gasteiger partial charge is 0.299 e. The molecule has 0 spiro atoms. The zero-order valence-electron chi connectivity index (χ0n) is 6.18. The number of hydrogen-bond acceptors (Lipinski definition) is 1. The normalized spacial score (nSPS) is 44.3. The first kappa shape index (κ1) is 6.38. The summed E-state index contributed by atoms with van der Waals surface area (Å²) >= 11 is 0. The van der Waals surface area contributed by atoms with E-state index in [0.29, 0.717) is 5.92 Å². The van der Waals surface area contributed by atoms with Crippen molar-refractivity contribution in [1.29, 1.82) is 0 Å². The Bertz CT molecular complexity index is 162. The van der Waals surface area contributed by atoms with E-state index in [1.165, 1.54) is 19.3 Å². The molecule has 10 heavy (non-hydrogen) atoms. The predicted molar refractivity (Wildman–Crippen MR) is 39.3 cm³/mol. The Morgan fingerprint density at radius 3 is 2.40 bits per heavy atom. The highest BCUT2D eigenvalue weighted by molar-refractivity contribution is 5.85. The van der Waals surface area contributed by atoms with E-state index in [-0.39, 0.29) is 5.78 Å². The molecular weight excluding hydrogens is 124 g/mol. The van der Waals surface area contributed by atoms with E-state index < -0.39 is 0 Å². The SMILES string of the molecule is [CH2]C(=O)C1CC2CCC1C2. The summed E-state index contributed by atoms with van der Waals surface area (Å²) in [6.45, 7) is 3.50. The van der Waals surface area contributed by atoms with Crippen LogP contribution in [-0.4, -0.2) is 5.78 Å². The van der Waals surface area contributed by atoms with Gasteiger partial charge in [0.2, 0.25) is 0 Å². The molecule has 1 radical (unpaired) electrons. The van der Waals surface area contributed by atoms with Crippen LogP contribution in [0.1, 0.15) is 25.7 Å². The minimum Gasteiger partial charge on any atom is -0.299 e. The zero-order valence-corrected chi connectivity index (χ0v) is 6.18. The van der Waals surface area contributed by atoms with Gasteiger partial charge in [-0.05, 0) is 31.1 Å². The molecule has 0 aromatic heterocycles. The first-order valence-electron chi connectivity index (χ1n) is 4.13. The van der Waals surface area contributed by atoms with Crippen molar-refractivity contribution in [1.82, 2.24) is 0 Å². The van der Waals surface area contributed by atoms with Crippen molar-refractivity contribution >= 4 is 5.78 Å². The molecule has 2 aliphatic rings. The van der Waals surface area contributed by atoms with Gasteiger partial charge in [-0.1, -0.05) is 6.42 Å². The topological polar surface area (TPSA) is 17.1 Å². The smallest absolute Gasteiger partial charge is 0.136 e. The van der Waals surface area contributed by atoms with Crippen LogP contribution in [0.15, 0.2) is 0 Å². The molecule has 0 saturated heterocycles. The maximum Gasteiger partial charge on any atom is 0.136 e. The molecule has 2 rings (SSSR count). The molecule has 2 bridgehead atoms. The molecule has 2 fully saturated rings. The molecule has 0 aromatic rings. The van der Waals surface area contributed by atoms with Crippen LogP contribution in [-0.2, 0) is 4.79 Å². The van der Waals surface area contributed by atoms with E-state index in [1.54, 1.807) is 0 Å². The fourth-order valence-corrected chi connectivity index (χ4v) is 2.64. The fraction of sp³-hybridized carbons (Fsp3) is 0.778. The first-order valence-corrected chi connectivity index (χ1v) is 4.13.